The number of aromatic carboxylic acids is 1. The van der Waals surface area contributed by atoms with Gasteiger partial charge in [0, 0.05) is 0 Å². The molecule has 0 aliphatic carbocycles. The molecule has 5 heteroatoms. The van der Waals surface area contributed by atoms with E-state index in [-0.39, 0.29) is 16.9 Å². The second-order valence-corrected chi connectivity index (χ2v) is 3.09. The number of phenolic OH excluding ortho intramolecular Hbond substituents is 1. The van der Waals surface area contributed by atoms with Gasteiger partial charge in [-0.2, -0.15) is 5.26 Å². The fourth-order valence-electron chi connectivity index (χ4n) is 0.857. The zero-order valence-electron chi connectivity index (χ0n) is 6.28. The smallest absolute Gasteiger partial charge is 0.337 e. The molecule has 1 aromatic carbocycles. The van der Waals surface area contributed by atoms with E-state index >= 15 is 0 Å². The van der Waals surface area contributed by atoms with Crippen molar-refractivity contribution < 1.29 is 15.0 Å². The Labute approximate surface area is 82.2 Å². The standard InChI is InChI=1S/C8H4BrNO3/c9-6-2-1-4(8(12)13)5(3-10)7(6)11/h1-2,11H,(H,12,13). The topological polar surface area (TPSA) is 81.3 Å². The Morgan fingerprint density at radius 1 is 1.54 bits per heavy atom. The molecule has 0 amide bonds. The summed E-state index contributed by atoms with van der Waals surface area (Å²) in [7, 11) is 0. The number of carboxylic acids is 1. The predicted octanol–water partition coefficient (Wildman–Crippen LogP) is 1.72. The fourth-order valence-corrected chi connectivity index (χ4v) is 1.19. The van der Waals surface area contributed by atoms with Crippen LogP contribution >= 0.6 is 15.9 Å². The molecule has 1 aromatic rings. The van der Waals surface area contributed by atoms with Crippen LogP contribution in [0.2, 0.25) is 0 Å². The van der Waals surface area contributed by atoms with Crippen LogP contribution in [0.3, 0.4) is 0 Å². The van der Waals surface area contributed by atoms with Crippen LogP contribution < -0.4 is 0 Å². The van der Waals surface area contributed by atoms with Crippen molar-refractivity contribution in [3.8, 4) is 11.8 Å². The first-order valence-electron chi connectivity index (χ1n) is 3.22. The highest BCUT2D eigenvalue weighted by atomic mass is 79.9. The Kier molecular flexibility index (Phi) is 2.54. The van der Waals surface area contributed by atoms with E-state index in [1.165, 1.54) is 12.1 Å². The lowest BCUT2D eigenvalue weighted by molar-refractivity contribution is 0.0696. The summed E-state index contributed by atoms with van der Waals surface area (Å²) in [5, 5.41) is 26.5. The minimum Gasteiger partial charge on any atom is -0.505 e. The maximum Gasteiger partial charge on any atom is 0.337 e. The average molecular weight is 242 g/mol. The van der Waals surface area contributed by atoms with E-state index < -0.39 is 5.97 Å². The molecule has 0 saturated carbocycles. The molecule has 1 rings (SSSR count). The summed E-state index contributed by atoms with van der Waals surface area (Å²) in [6.07, 6.45) is 0. The normalized spacial score (nSPS) is 9.23. The molecule has 0 aliphatic heterocycles. The number of hydrogen-bond acceptors (Lipinski definition) is 3. The van der Waals surface area contributed by atoms with Crippen molar-refractivity contribution >= 4 is 21.9 Å². The molecule has 4 nitrogen and oxygen atoms in total. The minimum atomic E-state index is -1.24. The van der Waals surface area contributed by atoms with Gasteiger partial charge in [-0.05, 0) is 28.1 Å². The number of nitrogens with zero attached hydrogens (tertiary/aromatic N) is 1. The van der Waals surface area contributed by atoms with Crippen LogP contribution in [0.1, 0.15) is 15.9 Å². The highest BCUT2D eigenvalue weighted by molar-refractivity contribution is 9.10. The van der Waals surface area contributed by atoms with E-state index in [1.807, 2.05) is 0 Å². The maximum atomic E-state index is 10.6. The molecule has 0 unspecified atom stereocenters. The highest BCUT2D eigenvalue weighted by Gasteiger charge is 2.15. The van der Waals surface area contributed by atoms with Crippen molar-refractivity contribution in [2.75, 3.05) is 0 Å². The van der Waals surface area contributed by atoms with Crippen LogP contribution in [0.15, 0.2) is 16.6 Å². The third kappa shape index (κ3) is 1.63. The number of hydrogen-bond donors (Lipinski definition) is 2. The van der Waals surface area contributed by atoms with E-state index in [9.17, 15) is 9.90 Å². The summed E-state index contributed by atoms with van der Waals surface area (Å²) >= 11 is 2.98. The van der Waals surface area contributed by atoms with Gasteiger partial charge in [0.15, 0.2) is 0 Å². The molecule has 0 atom stereocenters. The number of phenols is 1. The zero-order valence-corrected chi connectivity index (χ0v) is 7.87. The van der Waals surface area contributed by atoms with Gasteiger partial charge in [-0.15, -0.1) is 0 Å². The van der Waals surface area contributed by atoms with Gasteiger partial charge < -0.3 is 10.2 Å². The fraction of sp³-hybridized carbons (Fsp3) is 0. The molecule has 0 saturated heterocycles. The van der Waals surface area contributed by atoms with Gasteiger partial charge in [0.05, 0.1) is 10.0 Å². The maximum absolute atomic E-state index is 10.6. The molecule has 66 valence electrons. The summed E-state index contributed by atoms with van der Waals surface area (Å²) < 4.78 is 0.300. The molecule has 0 bridgehead atoms. The second kappa shape index (κ2) is 3.46. The molecule has 13 heavy (non-hydrogen) atoms. The summed E-state index contributed by atoms with van der Waals surface area (Å²) in [6.45, 7) is 0. The lowest BCUT2D eigenvalue weighted by Gasteiger charge is -2.02. The summed E-state index contributed by atoms with van der Waals surface area (Å²) in [5.74, 6) is -1.58. The molecular weight excluding hydrogens is 238 g/mol. The third-order valence-corrected chi connectivity index (χ3v) is 2.11. The van der Waals surface area contributed by atoms with E-state index in [0.717, 1.165) is 0 Å². The van der Waals surface area contributed by atoms with E-state index in [0.29, 0.717) is 4.47 Å². The third-order valence-electron chi connectivity index (χ3n) is 1.47. The summed E-state index contributed by atoms with van der Waals surface area (Å²) in [4.78, 5) is 10.6. The monoisotopic (exact) mass is 241 g/mol. The van der Waals surface area contributed by atoms with Crippen LogP contribution in [-0.2, 0) is 0 Å². The second-order valence-electron chi connectivity index (χ2n) is 2.24. The van der Waals surface area contributed by atoms with Crippen molar-refractivity contribution in [1.82, 2.24) is 0 Å². The number of nitriles is 1. The minimum absolute atomic E-state index is 0.205. The first kappa shape index (κ1) is 9.55. The van der Waals surface area contributed by atoms with Gasteiger partial charge in [-0.25, -0.2) is 4.79 Å². The highest BCUT2D eigenvalue weighted by Crippen LogP contribution is 2.29. The number of aromatic hydroxyl groups is 1. The van der Waals surface area contributed by atoms with E-state index in [1.54, 1.807) is 6.07 Å². The van der Waals surface area contributed by atoms with Crippen molar-refractivity contribution in [3.63, 3.8) is 0 Å². The molecule has 0 radical (unpaired) electrons. The first-order valence-corrected chi connectivity index (χ1v) is 4.02. The zero-order chi connectivity index (χ0) is 10.0. The summed E-state index contributed by atoms with van der Waals surface area (Å²) in [5.41, 5.74) is -0.440. The van der Waals surface area contributed by atoms with E-state index in [2.05, 4.69) is 15.9 Å². The SMILES string of the molecule is N#Cc1c(C(=O)O)ccc(Br)c1O. The average Bonchev–Trinajstić information content (AvgIpc) is 2.09. The quantitative estimate of drug-likeness (QED) is 0.785. The number of halogens is 1. The molecule has 0 fully saturated rings. The largest absolute Gasteiger partial charge is 0.505 e. The van der Waals surface area contributed by atoms with Crippen molar-refractivity contribution in [3.05, 3.63) is 27.7 Å². The number of benzene rings is 1. The Morgan fingerprint density at radius 2 is 2.15 bits per heavy atom. The first-order chi connectivity index (χ1) is 6.07. The molecule has 0 aliphatic rings. The van der Waals surface area contributed by atoms with Gasteiger partial charge in [0.25, 0.3) is 0 Å². The van der Waals surface area contributed by atoms with Gasteiger partial charge in [0.1, 0.15) is 17.4 Å². The molecule has 0 aromatic heterocycles. The number of carbonyl (C=O) groups is 1. The molecule has 2 N–H and O–H groups in total. The molecule has 0 heterocycles. The van der Waals surface area contributed by atoms with E-state index in [4.69, 9.17) is 10.4 Å². The van der Waals surface area contributed by atoms with Crippen LogP contribution in [0.5, 0.6) is 5.75 Å². The van der Waals surface area contributed by atoms with Gasteiger partial charge in [0.2, 0.25) is 0 Å². The Morgan fingerprint density at radius 3 is 2.62 bits per heavy atom. The molecule has 0 spiro atoms. The Hall–Kier alpha value is -1.54. The van der Waals surface area contributed by atoms with Gasteiger partial charge in [-0.1, -0.05) is 0 Å². The van der Waals surface area contributed by atoms with Crippen LogP contribution in [0, 0.1) is 11.3 Å². The molecular formula is C8H4BrNO3. The van der Waals surface area contributed by atoms with Crippen molar-refractivity contribution in [1.29, 1.82) is 5.26 Å². The lowest BCUT2D eigenvalue weighted by Crippen LogP contribution is -2.00. The Balaban J connectivity index is 3.50. The Bertz CT molecular complexity index is 409. The summed E-state index contributed by atoms with van der Waals surface area (Å²) in [6, 6.07) is 4.25. The number of rotatable bonds is 1. The lowest BCUT2D eigenvalue weighted by atomic mass is 10.1. The van der Waals surface area contributed by atoms with Crippen LogP contribution in [0.25, 0.3) is 0 Å². The van der Waals surface area contributed by atoms with Crippen LogP contribution in [0.4, 0.5) is 0 Å². The van der Waals surface area contributed by atoms with Crippen molar-refractivity contribution in [2.45, 2.75) is 0 Å². The number of carboxylic acid groups (broad SMARTS) is 1. The van der Waals surface area contributed by atoms with Crippen LogP contribution in [-0.4, -0.2) is 16.2 Å². The van der Waals surface area contributed by atoms with Crippen molar-refractivity contribution in [2.24, 2.45) is 0 Å². The predicted molar refractivity (Wildman–Crippen MR) is 47.5 cm³/mol. The van der Waals surface area contributed by atoms with Gasteiger partial charge >= 0.3 is 5.97 Å². The van der Waals surface area contributed by atoms with Gasteiger partial charge in [-0.3, -0.25) is 0 Å².